The monoisotopic (exact) mass is 637 g/mol. The maximum absolute atomic E-state index is 16.6. The molecule has 5 heterocycles. The minimum absolute atomic E-state index is 0.0737. The van der Waals surface area contributed by atoms with Crippen LogP contribution in [-0.2, 0) is 4.79 Å². The Kier molecular flexibility index (Phi) is 9.77. The number of hydrogen-bond donors (Lipinski definition) is 4. The third-order valence-electron chi connectivity index (χ3n) is 12.0. The van der Waals surface area contributed by atoms with E-state index in [9.17, 15) is 14.0 Å². The van der Waals surface area contributed by atoms with E-state index < -0.39 is 48.4 Å². The summed E-state index contributed by atoms with van der Waals surface area (Å²) in [6, 6.07) is -1.55. The molecule has 0 aromatic carbocycles. The van der Waals surface area contributed by atoms with Crippen LogP contribution in [-0.4, -0.2) is 114 Å². The van der Waals surface area contributed by atoms with Crippen molar-refractivity contribution in [1.29, 1.82) is 0 Å². The number of nitrogens with one attached hydrogen (secondary N) is 4. The van der Waals surface area contributed by atoms with Crippen molar-refractivity contribution in [2.75, 3.05) is 26.2 Å². The van der Waals surface area contributed by atoms with Gasteiger partial charge in [0.25, 0.3) is 5.91 Å². The number of fused-ring (bicyclic) bond motifs is 5. The van der Waals surface area contributed by atoms with E-state index >= 15 is 8.78 Å². The summed E-state index contributed by atoms with van der Waals surface area (Å²) >= 11 is 0. The van der Waals surface area contributed by atoms with Crippen LogP contribution in [0.4, 0.5) is 18.0 Å². The maximum Gasteiger partial charge on any atom is 0.320 e. The highest BCUT2D eigenvalue weighted by Crippen LogP contribution is 2.43. The Morgan fingerprint density at radius 1 is 0.956 bits per heavy atom. The Morgan fingerprint density at radius 3 is 2.47 bits per heavy atom. The van der Waals surface area contributed by atoms with Crippen LogP contribution < -0.4 is 21.3 Å². The SMILES string of the molecule is C=C(F)C(=O)N1C[C@H](C)N(C2NC(=O)N3C4NC(C(F)CC42)C2C(F)CCCC2NCCCC2CCNC(C(C)C)C23)C[C@H]1C. The Labute approximate surface area is 266 Å². The number of halogens is 3. The molecule has 4 N–H and O–H groups in total. The Morgan fingerprint density at radius 2 is 1.73 bits per heavy atom. The molecular formula is C33H54F3N7O2. The Hall–Kier alpha value is -1.89. The molecule has 6 rings (SSSR count). The maximum atomic E-state index is 16.6. The van der Waals surface area contributed by atoms with E-state index in [1.54, 1.807) is 0 Å². The molecule has 13 atom stereocenters. The van der Waals surface area contributed by atoms with Crippen LogP contribution in [0.15, 0.2) is 12.4 Å². The van der Waals surface area contributed by atoms with Crippen molar-refractivity contribution in [3.8, 4) is 0 Å². The molecule has 1 aliphatic carbocycles. The predicted octanol–water partition coefficient (Wildman–Crippen LogP) is 3.28. The van der Waals surface area contributed by atoms with Crippen LogP contribution in [0.5, 0.6) is 0 Å². The smallest absolute Gasteiger partial charge is 0.320 e. The van der Waals surface area contributed by atoms with Gasteiger partial charge >= 0.3 is 6.03 Å². The number of carbonyl (C=O) groups is 2. The second kappa shape index (κ2) is 13.3. The molecule has 5 aliphatic heterocycles. The summed E-state index contributed by atoms with van der Waals surface area (Å²) in [5.41, 5.74) is 0. The Balaban J connectivity index is 1.38. The number of amides is 3. The molecule has 9 nitrogen and oxygen atoms in total. The molecule has 0 radical (unpaired) electrons. The molecule has 0 aromatic heterocycles. The van der Waals surface area contributed by atoms with Gasteiger partial charge in [-0.15, -0.1) is 0 Å². The number of rotatable bonds is 3. The van der Waals surface area contributed by atoms with Gasteiger partial charge in [-0.1, -0.05) is 20.4 Å². The molecule has 0 spiro atoms. The highest BCUT2D eigenvalue weighted by molar-refractivity contribution is 5.91. The van der Waals surface area contributed by atoms with Gasteiger partial charge in [-0.3, -0.25) is 15.0 Å². The van der Waals surface area contributed by atoms with Gasteiger partial charge in [-0.2, -0.15) is 0 Å². The highest BCUT2D eigenvalue weighted by Gasteiger charge is 2.57. The number of hydrogen-bond acceptors (Lipinski definition) is 6. The van der Waals surface area contributed by atoms with E-state index in [-0.39, 0.29) is 67.0 Å². The number of carbonyl (C=O) groups excluding carboxylic acids is 2. The molecule has 11 unspecified atom stereocenters. The zero-order valence-corrected chi connectivity index (χ0v) is 27.4. The summed E-state index contributed by atoms with van der Waals surface area (Å²) < 4.78 is 46.3. The summed E-state index contributed by atoms with van der Waals surface area (Å²) in [6.45, 7) is 13.7. The number of urea groups is 1. The van der Waals surface area contributed by atoms with E-state index in [0.717, 1.165) is 45.2 Å². The third-order valence-corrected chi connectivity index (χ3v) is 12.0. The summed E-state index contributed by atoms with van der Waals surface area (Å²) in [6.07, 6.45) is 1.72. The van der Waals surface area contributed by atoms with Crippen LogP contribution in [0.2, 0.25) is 0 Å². The average molecular weight is 638 g/mol. The van der Waals surface area contributed by atoms with Crippen LogP contribution in [0.25, 0.3) is 0 Å². The molecule has 0 aromatic rings. The first kappa shape index (κ1) is 33.0. The standard InChI is InChI=1S/C33H54F3N7O2/c1-17(2)27-29-21(11-13-38-27)8-7-12-37-25-10-6-9-23(35)26(25)28-24(36)14-22-30(40-33(45)43(29)31(22)39-28)41-15-19(4)42(16-18(41)3)32(44)20(5)34/h17-19,21-31,37-39H,5-16H2,1-4H3,(H,40,45)/t18-,19+,21?,22?,23?,24?,25?,26?,27?,28?,29?,30?,31?/m0/s1. The number of nitrogens with zero attached hydrogens (tertiary/aromatic N) is 3. The molecule has 6 aliphatic rings. The largest absolute Gasteiger partial charge is 0.331 e. The van der Waals surface area contributed by atoms with Crippen molar-refractivity contribution < 1.29 is 22.8 Å². The van der Waals surface area contributed by atoms with Gasteiger partial charge in [0.2, 0.25) is 0 Å². The normalized spacial score (nSPS) is 44.6. The molecule has 6 fully saturated rings. The lowest BCUT2D eigenvalue weighted by atomic mass is 9.71. The van der Waals surface area contributed by atoms with Crippen molar-refractivity contribution in [2.24, 2.45) is 23.7 Å². The number of piperazine rings is 1. The van der Waals surface area contributed by atoms with Gasteiger partial charge in [0.1, 0.15) is 12.3 Å². The quantitative estimate of drug-likeness (QED) is 0.356. The van der Waals surface area contributed by atoms with Gasteiger partial charge in [0.05, 0.1) is 18.4 Å². The lowest BCUT2D eigenvalue weighted by Crippen LogP contribution is -2.80. The minimum atomic E-state index is -1.29. The lowest BCUT2D eigenvalue weighted by Gasteiger charge is -2.60. The second-order valence-electron chi connectivity index (χ2n) is 15.1. The van der Waals surface area contributed by atoms with Crippen molar-refractivity contribution >= 4 is 11.9 Å². The van der Waals surface area contributed by atoms with E-state index in [1.807, 2.05) is 18.7 Å². The molecule has 45 heavy (non-hydrogen) atoms. The summed E-state index contributed by atoms with van der Waals surface area (Å²) in [4.78, 5) is 32.7. The first-order chi connectivity index (χ1) is 21.5. The van der Waals surface area contributed by atoms with Crippen molar-refractivity contribution in [3.63, 3.8) is 0 Å². The molecule has 254 valence electrons. The number of alkyl halides is 2. The van der Waals surface area contributed by atoms with Crippen molar-refractivity contribution in [2.45, 2.75) is 134 Å². The molecule has 2 bridgehead atoms. The Bertz CT molecular complexity index is 1110. The zero-order chi connectivity index (χ0) is 32.2. The first-order valence-corrected chi connectivity index (χ1v) is 17.5. The van der Waals surface area contributed by atoms with Crippen molar-refractivity contribution in [3.05, 3.63) is 12.4 Å². The van der Waals surface area contributed by atoms with Crippen LogP contribution in [0, 0.1) is 23.7 Å². The predicted molar refractivity (Wildman–Crippen MR) is 167 cm³/mol. The molecule has 12 heteroatoms. The molecule has 5 saturated heterocycles. The van der Waals surface area contributed by atoms with E-state index in [0.29, 0.717) is 13.0 Å². The third kappa shape index (κ3) is 6.13. The van der Waals surface area contributed by atoms with Crippen LogP contribution in [0.3, 0.4) is 0 Å². The second-order valence-corrected chi connectivity index (χ2v) is 15.1. The first-order valence-electron chi connectivity index (χ1n) is 17.5. The van der Waals surface area contributed by atoms with Crippen LogP contribution in [0.1, 0.15) is 72.6 Å². The fraction of sp³-hybridized carbons (Fsp3) is 0.879. The minimum Gasteiger partial charge on any atom is -0.331 e. The van der Waals surface area contributed by atoms with Crippen LogP contribution >= 0.6 is 0 Å². The van der Waals surface area contributed by atoms with Gasteiger partial charge in [-0.05, 0) is 83.7 Å². The van der Waals surface area contributed by atoms with Gasteiger partial charge in [-0.25, -0.2) is 18.0 Å². The highest BCUT2D eigenvalue weighted by atomic mass is 19.1. The van der Waals surface area contributed by atoms with Crippen molar-refractivity contribution in [1.82, 2.24) is 36.0 Å². The van der Waals surface area contributed by atoms with E-state index in [4.69, 9.17) is 0 Å². The summed E-state index contributed by atoms with van der Waals surface area (Å²) in [7, 11) is 0. The molecule has 3 amide bonds. The zero-order valence-electron chi connectivity index (χ0n) is 27.4. The topological polar surface area (TPSA) is 92.0 Å². The van der Waals surface area contributed by atoms with Gasteiger partial charge < -0.3 is 25.8 Å². The number of piperidine rings is 2. The molecule has 1 saturated carbocycles. The van der Waals surface area contributed by atoms with E-state index in [1.165, 1.54) is 4.90 Å². The van der Waals surface area contributed by atoms with E-state index in [2.05, 4.69) is 46.6 Å². The fourth-order valence-electron chi connectivity index (χ4n) is 9.87. The lowest BCUT2D eigenvalue weighted by molar-refractivity contribution is -0.139. The summed E-state index contributed by atoms with van der Waals surface area (Å²) in [5, 5.41) is 14.3. The van der Waals surface area contributed by atoms with Gasteiger partial charge in [0, 0.05) is 55.1 Å². The average Bonchev–Trinajstić information content (AvgIpc) is 2.99. The summed E-state index contributed by atoms with van der Waals surface area (Å²) in [5.74, 6) is -1.97. The fourth-order valence-corrected chi connectivity index (χ4v) is 9.87. The van der Waals surface area contributed by atoms with Gasteiger partial charge in [0.15, 0.2) is 5.83 Å². The molecular weight excluding hydrogens is 583 g/mol.